The van der Waals surface area contributed by atoms with Crippen molar-refractivity contribution >= 4 is 0 Å². The van der Waals surface area contributed by atoms with E-state index in [4.69, 9.17) is 15.2 Å². The maximum absolute atomic E-state index is 6.24. The number of nitrogens with two attached hydrogens (primary N) is 1. The summed E-state index contributed by atoms with van der Waals surface area (Å²) in [5.74, 6) is 2.12. The number of rotatable bonds is 6. The molecule has 21 heavy (non-hydrogen) atoms. The molecule has 3 heteroatoms. The molecule has 2 aromatic carbocycles. The van der Waals surface area contributed by atoms with E-state index in [1.807, 2.05) is 42.5 Å². The lowest BCUT2D eigenvalue weighted by atomic mass is 10.0. The van der Waals surface area contributed by atoms with Crippen molar-refractivity contribution in [3.05, 3.63) is 59.7 Å². The van der Waals surface area contributed by atoms with Gasteiger partial charge >= 0.3 is 0 Å². The van der Waals surface area contributed by atoms with Crippen molar-refractivity contribution < 1.29 is 9.47 Å². The molecule has 0 bridgehead atoms. The normalized spacial score (nSPS) is 12.2. The molecule has 0 aliphatic carbocycles. The predicted octanol–water partition coefficient (Wildman–Crippen LogP) is 3.90. The Morgan fingerprint density at radius 2 is 1.48 bits per heavy atom. The molecule has 0 aliphatic rings. The molecule has 0 spiro atoms. The van der Waals surface area contributed by atoms with Gasteiger partial charge in [0.15, 0.2) is 0 Å². The zero-order chi connectivity index (χ0) is 15.2. The van der Waals surface area contributed by atoms with E-state index in [-0.39, 0.29) is 6.04 Å². The second kappa shape index (κ2) is 7.14. The lowest BCUT2D eigenvalue weighted by molar-refractivity contribution is 0.283. The van der Waals surface area contributed by atoms with Crippen molar-refractivity contribution in [2.45, 2.75) is 25.8 Å². The number of benzene rings is 2. The quantitative estimate of drug-likeness (QED) is 0.875. The van der Waals surface area contributed by atoms with Crippen LogP contribution < -0.4 is 15.2 Å². The molecule has 0 amide bonds. The molecule has 3 nitrogen and oxygen atoms in total. The molecule has 0 fully saturated rings. The number of para-hydroxylation sites is 2. The molecule has 2 N–H and O–H groups in total. The van der Waals surface area contributed by atoms with Crippen LogP contribution in [0.3, 0.4) is 0 Å². The van der Waals surface area contributed by atoms with E-state index in [0.717, 1.165) is 17.1 Å². The van der Waals surface area contributed by atoms with Crippen molar-refractivity contribution in [3.8, 4) is 11.5 Å². The summed E-state index contributed by atoms with van der Waals surface area (Å²) in [6.45, 7) is 4.73. The van der Waals surface area contributed by atoms with Gasteiger partial charge in [-0.15, -0.1) is 0 Å². The Morgan fingerprint density at radius 1 is 0.905 bits per heavy atom. The molecule has 0 aliphatic heterocycles. The van der Waals surface area contributed by atoms with Gasteiger partial charge in [0.05, 0.1) is 13.2 Å². The Labute approximate surface area is 126 Å². The Hall–Kier alpha value is -2.00. The SMILES string of the molecule is COc1ccccc1C(N)COc1ccccc1C(C)C. The smallest absolute Gasteiger partial charge is 0.123 e. The van der Waals surface area contributed by atoms with Gasteiger partial charge in [0.25, 0.3) is 0 Å². The molecule has 0 aromatic heterocycles. The van der Waals surface area contributed by atoms with Gasteiger partial charge in [-0.25, -0.2) is 0 Å². The van der Waals surface area contributed by atoms with Crippen LogP contribution in [0, 0.1) is 0 Å². The van der Waals surface area contributed by atoms with Crippen LogP contribution in [0.2, 0.25) is 0 Å². The van der Waals surface area contributed by atoms with Crippen molar-refractivity contribution in [2.75, 3.05) is 13.7 Å². The van der Waals surface area contributed by atoms with E-state index < -0.39 is 0 Å². The summed E-state index contributed by atoms with van der Waals surface area (Å²) in [7, 11) is 1.65. The van der Waals surface area contributed by atoms with Crippen molar-refractivity contribution in [2.24, 2.45) is 5.73 Å². The fourth-order valence-electron chi connectivity index (χ4n) is 2.33. The van der Waals surface area contributed by atoms with Crippen LogP contribution >= 0.6 is 0 Å². The highest BCUT2D eigenvalue weighted by Gasteiger charge is 2.13. The average Bonchev–Trinajstić information content (AvgIpc) is 2.52. The predicted molar refractivity (Wildman–Crippen MR) is 85.9 cm³/mol. The minimum absolute atomic E-state index is 0.221. The first-order chi connectivity index (χ1) is 10.1. The zero-order valence-corrected chi connectivity index (χ0v) is 12.9. The third-order valence-corrected chi connectivity index (χ3v) is 3.50. The van der Waals surface area contributed by atoms with Gasteiger partial charge < -0.3 is 15.2 Å². The van der Waals surface area contributed by atoms with Crippen LogP contribution in [0.15, 0.2) is 48.5 Å². The van der Waals surface area contributed by atoms with Crippen LogP contribution in [0.25, 0.3) is 0 Å². The van der Waals surface area contributed by atoms with E-state index in [0.29, 0.717) is 12.5 Å². The molecule has 0 heterocycles. The van der Waals surface area contributed by atoms with E-state index >= 15 is 0 Å². The van der Waals surface area contributed by atoms with Gasteiger partial charge in [0, 0.05) is 5.56 Å². The molecule has 1 atom stereocenters. The molecule has 112 valence electrons. The molecule has 2 aromatic rings. The Morgan fingerprint density at radius 3 is 2.10 bits per heavy atom. The first-order valence-corrected chi connectivity index (χ1v) is 7.23. The fraction of sp³-hybridized carbons (Fsp3) is 0.333. The summed E-state index contributed by atoms with van der Waals surface area (Å²) in [5.41, 5.74) is 8.40. The first-order valence-electron chi connectivity index (χ1n) is 7.23. The average molecular weight is 285 g/mol. The molecule has 2 rings (SSSR count). The van der Waals surface area contributed by atoms with Crippen LogP contribution in [0.1, 0.15) is 36.9 Å². The number of hydrogen-bond acceptors (Lipinski definition) is 3. The largest absolute Gasteiger partial charge is 0.496 e. The Kier molecular flexibility index (Phi) is 5.23. The zero-order valence-electron chi connectivity index (χ0n) is 12.9. The summed E-state index contributed by atoms with van der Waals surface area (Å²) in [6, 6.07) is 15.7. The molecular formula is C18H23NO2. The maximum Gasteiger partial charge on any atom is 0.123 e. The molecule has 0 saturated heterocycles. The van der Waals surface area contributed by atoms with Gasteiger partial charge in [-0.2, -0.15) is 0 Å². The summed E-state index contributed by atoms with van der Waals surface area (Å²) >= 11 is 0. The van der Waals surface area contributed by atoms with Gasteiger partial charge in [-0.3, -0.25) is 0 Å². The highest BCUT2D eigenvalue weighted by atomic mass is 16.5. The van der Waals surface area contributed by atoms with Crippen molar-refractivity contribution in [1.29, 1.82) is 0 Å². The third kappa shape index (κ3) is 3.76. The second-order valence-corrected chi connectivity index (χ2v) is 5.35. The summed E-state index contributed by atoms with van der Waals surface area (Å²) in [6.07, 6.45) is 0. The lowest BCUT2D eigenvalue weighted by Crippen LogP contribution is -2.20. The summed E-state index contributed by atoms with van der Waals surface area (Å²) < 4.78 is 11.3. The molecule has 1 unspecified atom stereocenters. The monoisotopic (exact) mass is 285 g/mol. The molecular weight excluding hydrogens is 262 g/mol. The highest BCUT2D eigenvalue weighted by Crippen LogP contribution is 2.28. The number of hydrogen-bond donors (Lipinski definition) is 1. The third-order valence-electron chi connectivity index (χ3n) is 3.50. The standard InChI is InChI=1S/C18H23NO2/c1-13(2)14-8-4-7-11-18(14)21-12-16(19)15-9-5-6-10-17(15)20-3/h4-11,13,16H,12,19H2,1-3H3. The van der Waals surface area contributed by atoms with Crippen LogP contribution in [0.4, 0.5) is 0 Å². The van der Waals surface area contributed by atoms with Crippen LogP contribution in [-0.4, -0.2) is 13.7 Å². The minimum Gasteiger partial charge on any atom is -0.496 e. The molecule has 0 saturated carbocycles. The number of ether oxygens (including phenoxy) is 2. The summed E-state index contributed by atoms with van der Waals surface area (Å²) in [4.78, 5) is 0. The fourth-order valence-corrected chi connectivity index (χ4v) is 2.33. The Balaban J connectivity index is 2.09. The first kappa shape index (κ1) is 15.4. The van der Waals surface area contributed by atoms with Crippen molar-refractivity contribution in [3.63, 3.8) is 0 Å². The van der Waals surface area contributed by atoms with Crippen LogP contribution in [0.5, 0.6) is 11.5 Å². The maximum atomic E-state index is 6.24. The van der Waals surface area contributed by atoms with E-state index in [1.165, 1.54) is 5.56 Å². The van der Waals surface area contributed by atoms with Gasteiger partial charge in [-0.05, 0) is 23.6 Å². The van der Waals surface area contributed by atoms with Crippen molar-refractivity contribution in [1.82, 2.24) is 0 Å². The highest BCUT2D eigenvalue weighted by molar-refractivity contribution is 5.37. The Bertz CT molecular complexity index is 581. The topological polar surface area (TPSA) is 44.5 Å². The van der Waals surface area contributed by atoms with E-state index in [2.05, 4.69) is 19.9 Å². The minimum atomic E-state index is -0.221. The second-order valence-electron chi connectivity index (χ2n) is 5.35. The van der Waals surface area contributed by atoms with E-state index in [9.17, 15) is 0 Å². The lowest BCUT2D eigenvalue weighted by Gasteiger charge is -2.18. The van der Waals surface area contributed by atoms with Crippen LogP contribution in [-0.2, 0) is 0 Å². The van der Waals surface area contributed by atoms with Gasteiger partial charge in [-0.1, -0.05) is 50.2 Å². The van der Waals surface area contributed by atoms with Gasteiger partial charge in [0.2, 0.25) is 0 Å². The summed E-state index contributed by atoms with van der Waals surface area (Å²) in [5, 5.41) is 0. The number of methoxy groups -OCH3 is 1. The molecule has 0 radical (unpaired) electrons. The van der Waals surface area contributed by atoms with E-state index in [1.54, 1.807) is 7.11 Å². The van der Waals surface area contributed by atoms with Gasteiger partial charge in [0.1, 0.15) is 18.1 Å².